The van der Waals surface area contributed by atoms with E-state index in [-0.39, 0.29) is 39.4 Å². The lowest BCUT2D eigenvalue weighted by Gasteiger charge is -2.32. The Morgan fingerprint density at radius 2 is 1.86 bits per heavy atom. The molecule has 0 aromatic rings. The average Bonchev–Trinajstić information content (AvgIpc) is 2.61. The van der Waals surface area contributed by atoms with Crippen molar-refractivity contribution in [1.29, 1.82) is 5.26 Å². The van der Waals surface area contributed by atoms with Crippen LogP contribution in [0.2, 0.25) is 0 Å². The zero-order chi connectivity index (χ0) is 22.1. The number of hydrogen-bond donors (Lipinski definition) is 1. The van der Waals surface area contributed by atoms with Crippen LogP contribution < -0.4 is 0 Å². The summed E-state index contributed by atoms with van der Waals surface area (Å²) in [6, 6.07) is 2.07. The van der Waals surface area contributed by atoms with Crippen LogP contribution >= 0.6 is 7.82 Å². The monoisotopic (exact) mass is 423 g/mol. The third-order valence-corrected chi connectivity index (χ3v) is 4.92. The number of nitriles is 1. The number of carbonyl (C=O) groups is 2. The van der Waals surface area contributed by atoms with Crippen molar-refractivity contribution in [2.75, 3.05) is 47.7 Å². The number of carbonyl (C=O) groups excluding carboxylic acids is 2. The number of quaternary nitrogens is 1. The standard InChI is InChI=1S/C17H31N2O8P/c1-7-17(3,10-16(2,11-18)12-24-14-20)15(21)25-8-9-26-28(22,23)27-13-19(4,5)6/h14H,7-10,12-13H2,1-6H3/p+1. The van der Waals surface area contributed by atoms with Gasteiger partial charge in [-0.05, 0) is 26.7 Å². The molecule has 0 rings (SSSR count). The van der Waals surface area contributed by atoms with Crippen molar-refractivity contribution in [3.63, 3.8) is 0 Å². The van der Waals surface area contributed by atoms with Crippen molar-refractivity contribution in [2.45, 2.75) is 33.6 Å². The van der Waals surface area contributed by atoms with Gasteiger partial charge in [0.15, 0.2) is 6.73 Å². The van der Waals surface area contributed by atoms with Gasteiger partial charge in [-0.1, -0.05) is 6.92 Å². The first-order valence-corrected chi connectivity index (χ1v) is 10.3. The fourth-order valence-electron chi connectivity index (χ4n) is 2.29. The van der Waals surface area contributed by atoms with Crippen molar-refractivity contribution in [3.8, 4) is 6.07 Å². The summed E-state index contributed by atoms with van der Waals surface area (Å²) in [6.45, 7) is 4.52. The smallest absolute Gasteiger partial charge is 0.466 e. The summed E-state index contributed by atoms with van der Waals surface area (Å²) >= 11 is 0. The highest BCUT2D eigenvalue weighted by atomic mass is 31.2. The van der Waals surface area contributed by atoms with Crippen molar-refractivity contribution in [1.82, 2.24) is 0 Å². The number of rotatable bonds is 14. The molecule has 3 unspecified atom stereocenters. The summed E-state index contributed by atoms with van der Waals surface area (Å²) in [4.78, 5) is 32.5. The molecule has 0 aromatic carbocycles. The van der Waals surface area contributed by atoms with E-state index in [2.05, 4.69) is 6.07 Å². The minimum atomic E-state index is -4.25. The summed E-state index contributed by atoms with van der Waals surface area (Å²) in [5.41, 5.74) is -2.05. The van der Waals surface area contributed by atoms with Crippen molar-refractivity contribution in [3.05, 3.63) is 0 Å². The molecular weight excluding hydrogens is 391 g/mol. The van der Waals surface area contributed by atoms with E-state index in [0.717, 1.165) is 0 Å². The zero-order valence-corrected chi connectivity index (χ0v) is 18.4. The van der Waals surface area contributed by atoms with Crippen LogP contribution in [0.5, 0.6) is 0 Å². The maximum absolute atomic E-state index is 12.5. The molecule has 28 heavy (non-hydrogen) atoms. The fourth-order valence-corrected chi connectivity index (χ4v) is 3.16. The largest absolute Gasteiger partial charge is 0.476 e. The van der Waals surface area contributed by atoms with Gasteiger partial charge in [0, 0.05) is 0 Å². The highest BCUT2D eigenvalue weighted by Crippen LogP contribution is 2.43. The van der Waals surface area contributed by atoms with Gasteiger partial charge in [-0.3, -0.25) is 14.1 Å². The summed E-state index contributed by atoms with van der Waals surface area (Å²) in [6.07, 6.45) is 0.502. The molecule has 0 heterocycles. The van der Waals surface area contributed by atoms with Gasteiger partial charge < -0.3 is 18.9 Å². The van der Waals surface area contributed by atoms with Crippen LogP contribution in [0.25, 0.3) is 0 Å². The van der Waals surface area contributed by atoms with Crippen LogP contribution in [0.3, 0.4) is 0 Å². The van der Waals surface area contributed by atoms with E-state index in [0.29, 0.717) is 10.9 Å². The average molecular weight is 423 g/mol. The Kier molecular flexibility index (Phi) is 10.3. The third-order valence-electron chi connectivity index (χ3n) is 3.97. The van der Waals surface area contributed by atoms with E-state index in [9.17, 15) is 24.3 Å². The van der Waals surface area contributed by atoms with Crippen molar-refractivity contribution < 1.29 is 42.1 Å². The zero-order valence-electron chi connectivity index (χ0n) is 17.5. The van der Waals surface area contributed by atoms with Gasteiger partial charge in [0.25, 0.3) is 6.47 Å². The van der Waals surface area contributed by atoms with Gasteiger partial charge in [-0.15, -0.1) is 0 Å². The number of ether oxygens (including phenoxy) is 2. The Bertz CT molecular complexity index is 615. The van der Waals surface area contributed by atoms with Gasteiger partial charge in [0.05, 0.1) is 44.6 Å². The SMILES string of the molecule is CCC(C)(CC(C)(C#N)COC=O)C(=O)OCCOP(=O)(O)OC[N+](C)(C)C. The molecule has 11 heteroatoms. The second-order valence-electron chi connectivity index (χ2n) is 8.16. The molecule has 0 amide bonds. The van der Waals surface area contributed by atoms with Crippen LogP contribution in [0.15, 0.2) is 0 Å². The van der Waals surface area contributed by atoms with E-state index in [1.165, 1.54) is 0 Å². The van der Waals surface area contributed by atoms with E-state index >= 15 is 0 Å². The molecule has 162 valence electrons. The minimum absolute atomic E-state index is 0.0307. The molecule has 0 fully saturated rings. The maximum Gasteiger partial charge on any atom is 0.476 e. The molecule has 10 nitrogen and oxygen atoms in total. The molecule has 0 aromatic heterocycles. The van der Waals surface area contributed by atoms with Gasteiger partial charge >= 0.3 is 13.8 Å². The Hall–Kier alpha value is -1.50. The predicted octanol–water partition coefficient (Wildman–Crippen LogP) is 1.84. The topological polar surface area (TPSA) is 132 Å². The molecule has 0 saturated carbocycles. The predicted molar refractivity (Wildman–Crippen MR) is 99.5 cm³/mol. The van der Waals surface area contributed by atoms with Crippen molar-refractivity contribution in [2.24, 2.45) is 10.8 Å². The summed E-state index contributed by atoms with van der Waals surface area (Å²) < 4.78 is 31.6. The number of phosphoric ester groups is 1. The number of esters is 1. The summed E-state index contributed by atoms with van der Waals surface area (Å²) in [7, 11) is 1.09. The molecular formula is C17H32N2O8P+. The number of hydrogen-bond acceptors (Lipinski definition) is 8. The normalized spacial score (nSPS) is 18.1. The molecule has 0 aliphatic carbocycles. The highest BCUT2D eigenvalue weighted by molar-refractivity contribution is 7.47. The van der Waals surface area contributed by atoms with E-state index in [1.54, 1.807) is 41.9 Å². The van der Waals surface area contributed by atoms with Gasteiger partial charge in [-0.25, -0.2) is 9.09 Å². The molecule has 0 aliphatic rings. The number of phosphoric acid groups is 1. The second kappa shape index (κ2) is 10.9. The first kappa shape index (κ1) is 26.5. The maximum atomic E-state index is 12.5. The first-order chi connectivity index (χ1) is 12.7. The lowest BCUT2D eigenvalue weighted by molar-refractivity contribution is -0.887. The van der Waals surface area contributed by atoms with E-state index in [4.69, 9.17) is 18.5 Å². The second-order valence-corrected chi connectivity index (χ2v) is 9.61. The molecule has 0 saturated heterocycles. The van der Waals surface area contributed by atoms with Crippen LogP contribution in [-0.2, 0) is 32.7 Å². The first-order valence-electron chi connectivity index (χ1n) is 8.78. The Labute approximate surface area is 166 Å². The van der Waals surface area contributed by atoms with Crippen LogP contribution in [0.4, 0.5) is 0 Å². The lowest BCUT2D eigenvalue weighted by atomic mass is 9.72. The van der Waals surface area contributed by atoms with Gasteiger partial charge in [-0.2, -0.15) is 5.26 Å². The Morgan fingerprint density at radius 3 is 2.32 bits per heavy atom. The molecule has 0 spiro atoms. The third kappa shape index (κ3) is 10.2. The van der Waals surface area contributed by atoms with Crippen molar-refractivity contribution >= 4 is 20.3 Å². The summed E-state index contributed by atoms with van der Waals surface area (Å²) in [5, 5.41) is 9.37. The van der Waals surface area contributed by atoms with Crippen LogP contribution in [-0.4, -0.2) is 69.5 Å². The quantitative estimate of drug-likeness (QED) is 0.111. The molecule has 3 atom stereocenters. The minimum Gasteiger partial charge on any atom is -0.466 e. The Morgan fingerprint density at radius 1 is 1.25 bits per heavy atom. The lowest BCUT2D eigenvalue weighted by Crippen LogP contribution is -2.37. The number of nitrogens with zero attached hydrogens (tertiary/aromatic N) is 2. The van der Waals surface area contributed by atoms with Gasteiger partial charge in [0.2, 0.25) is 0 Å². The molecule has 1 N–H and O–H groups in total. The van der Waals surface area contributed by atoms with Crippen LogP contribution in [0.1, 0.15) is 33.6 Å². The summed E-state index contributed by atoms with van der Waals surface area (Å²) in [5.74, 6) is -0.578. The molecule has 0 bridgehead atoms. The molecule has 0 aliphatic heterocycles. The van der Waals surface area contributed by atoms with E-state index in [1.807, 2.05) is 0 Å². The molecule has 0 radical (unpaired) electrons. The van der Waals surface area contributed by atoms with Crippen LogP contribution in [0, 0.1) is 22.2 Å². The highest BCUT2D eigenvalue weighted by Gasteiger charge is 2.41. The fraction of sp³-hybridized carbons (Fsp3) is 0.824. The Balaban J connectivity index is 4.67. The van der Waals surface area contributed by atoms with Gasteiger partial charge in [0.1, 0.15) is 13.2 Å². The van der Waals surface area contributed by atoms with E-state index < -0.39 is 24.6 Å².